The molecule has 0 heterocycles. The number of aliphatic carboxylic acids is 1. The zero-order valence-electron chi connectivity index (χ0n) is 32.3. The summed E-state index contributed by atoms with van der Waals surface area (Å²) in [6.45, 7) is 21.5. The minimum absolute atomic E-state index is 0.0310. The van der Waals surface area contributed by atoms with Gasteiger partial charge in [-0.15, -0.1) is 0 Å². The topological polar surface area (TPSA) is 110 Å². The highest BCUT2D eigenvalue weighted by Gasteiger charge is 2.70. The van der Waals surface area contributed by atoms with Gasteiger partial charge >= 0.3 is 11.9 Å². The van der Waals surface area contributed by atoms with Gasteiger partial charge in [0.2, 0.25) is 0 Å². The highest BCUT2D eigenvalue weighted by Crippen LogP contribution is 2.76. The van der Waals surface area contributed by atoms with E-state index in [9.17, 15) is 24.3 Å². The van der Waals surface area contributed by atoms with Crippen molar-refractivity contribution >= 4 is 23.6 Å². The Morgan fingerprint density at radius 3 is 2.24 bits per heavy atom. The summed E-state index contributed by atoms with van der Waals surface area (Å²) in [4.78, 5) is 52.7. The van der Waals surface area contributed by atoms with Crippen LogP contribution in [0.4, 0.5) is 0 Å². The average Bonchev–Trinajstić information content (AvgIpc) is 3.30. The number of ether oxygens (including phenoxy) is 1. The number of amides is 1. The van der Waals surface area contributed by atoms with Crippen LogP contribution in [0.2, 0.25) is 0 Å². The summed E-state index contributed by atoms with van der Waals surface area (Å²) < 4.78 is 6.15. The highest BCUT2D eigenvalue weighted by molar-refractivity contribution is 6.04. The van der Waals surface area contributed by atoms with Crippen molar-refractivity contribution < 1.29 is 29.0 Å². The fraction of sp³-hybridized carbons (Fsp3) is 0.721. The summed E-state index contributed by atoms with van der Waals surface area (Å²) in [6, 6.07) is 7.72. The first-order chi connectivity index (χ1) is 23.1. The van der Waals surface area contributed by atoms with Gasteiger partial charge in [0.15, 0.2) is 5.78 Å². The lowest BCUT2D eigenvalue weighted by Gasteiger charge is -2.72. The monoisotopic (exact) mass is 687 g/mol. The number of hydrogen-bond donors (Lipinski definition) is 2. The first-order valence-corrected chi connectivity index (χ1v) is 19.2. The Labute approximate surface area is 299 Å². The SMILES string of the molecule is Cc1ccccc1C(=O)N[C@@]12CC[C@]3(C)[C@H](CC[C@@H]4[C@@]5(C)CC[C@H](OC(=O)CC(C)(C)C(=O)O)C(C)(C)[C@@H]5CC[C@]43C)C1=C(C(C)C)C(=O)C2. The number of carboxylic acids is 1. The molecule has 0 aliphatic heterocycles. The van der Waals surface area contributed by atoms with Gasteiger partial charge in [-0.3, -0.25) is 19.2 Å². The van der Waals surface area contributed by atoms with Gasteiger partial charge in [-0.1, -0.05) is 66.7 Å². The van der Waals surface area contributed by atoms with Crippen LogP contribution in [0.25, 0.3) is 0 Å². The van der Waals surface area contributed by atoms with Crippen molar-refractivity contribution in [3.8, 4) is 0 Å². The molecule has 50 heavy (non-hydrogen) atoms. The molecule has 4 saturated carbocycles. The van der Waals surface area contributed by atoms with E-state index >= 15 is 0 Å². The van der Waals surface area contributed by atoms with Crippen molar-refractivity contribution in [2.24, 2.45) is 50.7 Å². The van der Waals surface area contributed by atoms with Crippen LogP contribution in [0.5, 0.6) is 0 Å². The average molecular weight is 688 g/mol. The summed E-state index contributed by atoms with van der Waals surface area (Å²) >= 11 is 0. The maximum absolute atomic E-state index is 14.0. The largest absolute Gasteiger partial charge is 0.481 e. The van der Waals surface area contributed by atoms with E-state index in [2.05, 4.69) is 53.8 Å². The summed E-state index contributed by atoms with van der Waals surface area (Å²) in [6.07, 6.45) is 7.64. The molecule has 1 amide bonds. The molecule has 5 aliphatic rings. The number of carbonyl (C=O) groups is 4. The fourth-order valence-electron chi connectivity index (χ4n) is 12.7. The van der Waals surface area contributed by atoms with E-state index in [1.165, 1.54) is 5.57 Å². The second-order valence-electron chi connectivity index (χ2n) is 19.3. The Morgan fingerprint density at radius 1 is 0.920 bits per heavy atom. The van der Waals surface area contributed by atoms with E-state index in [4.69, 9.17) is 4.74 Å². The quantitative estimate of drug-likeness (QED) is 0.277. The summed E-state index contributed by atoms with van der Waals surface area (Å²) in [5, 5.41) is 13.1. The molecule has 0 unspecified atom stereocenters. The number of allylic oxidation sites excluding steroid dienone is 1. The maximum atomic E-state index is 14.0. The standard InChI is InChI=1S/C43H61NO6/c1-25(2)34-29(45)23-43(44-36(47)27-14-12-11-13-26(27)3)22-21-41(9)28(35(34)43)15-16-31-40(8)19-18-32(50-33(46)24-38(4,5)37(48)49)39(6,7)30(40)17-20-42(31,41)10/h11-14,25,28,30-32H,15-24H2,1-10H3,(H,44,47)(H,48,49)/t28-,30+,31-,32+,40+,41-,42-,43-/m1/s1. The molecule has 0 radical (unpaired) electrons. The van der Waals surface area contributed by atoms with Gasteiger partial charge in [-0.25, -0.2) is 0 Å². The molecule has 2 N–H and O–H groups in total. The predicted octanol–water partition coefficient (Wildman–Crippen LogP) is 8.87. The van der Waals surface area contributed by atoms with Gasteiger partial charge in [0.25, 0.3) is 5.91 Å². The number of ketones is 1. The molecule has 7 heteroatoms. The van der Waals surface area contributed by atoms with Crippen LogP contribution in [-0.4, -0.2) is 40.4 Å². The van der Waals surface area contributed by atoms with Crippen LogP contribution in [0.3, 0.4) is 0 Å². The number of nitrogens with one attached hydrogen (secondary N) is 1. The first-order valence-electron chi connectivity index (χ1n) is 19.2. The van der Waals surface area contributed by atoms with Gasteiger partial charge in [-0.05, 0) is 135 Å². The third-order valence-electron chi connectivity index (χ3n) is 15.6. The van der Waals surface area contributed by atoms with E-state index in [1.807, 2.05) is 31.2 Å². The molecule has 274 valence electrons. The molecule has 0 aromatic heterocycles. The molecule has 7 nitrogen and oxygen atoms in total. The number of aryl methyl sites for hydroxylation is 1. The predicted molar refractivity (Wildman–Crippen MR) is 194 cm³/mol. The number of carboxylic acid groups (broad SMARTS) is 1. The number of hydrogen-bond acceptors (Lipinski definition) is 5. The Bertz CT molecular complexity index is 1640. The van der Waals surface area contributed by atoms with Crippen LogP contribution in [0, 0.1) is 57.7 Å². The third kappa shape index (κ3) is 5.33. The minimum atomic E-state index is -1.17. The van der Waals surface area contributed by atoms with E-state index in [0.29, 0.717) is 23.8 Å². The van der Waals surface area contributed by atoms with Crippen LogP contribution < -0.4 is 5.32 Å². The van der Waals surface area contributed by atoms with Crippen molar-refractivity contribution in [2.75, 3.05) is 0 Å². The normalized spacial score (nSPS) is 37.7. The second-order valence-corrected chi connectivity index (χ2v) is 19.3. The Hall–Kier alpha value is -2.96. The molecule has 1 aromatic rings. The lowest BCUT2D eigenvalue weighted by Crippen LogP contribution is -2.67. The van der Waals surface area contributed by atoms with E-state index in [1.54, 1.807) is 13.8 Å². The van der Waals surface area contributed by atoms with Gasteiger partial charge in [0, 0.05) is 17.4 Å². The molecule has 4 fully saturated rings. The number of rotatable bonds is 7. The van der Waals surface area contributed by atoms with Crippen molar-refractivity contribution in [1.29, 1.82) is 0 Å². The molecule has 5 aliphatic carbocycles. The lowest BCUT2D eigenvalue weighted by molar-refractivity contribution is -0.232. The van der Waals surface area contributed by atoms with Crippen molar-refractivity contribution in [3.05, 3.63) is 46.5 Å². The molecule has 0 bridgehead atoms. The molecular weight excluding hydrogens is 626 g/mol. The molecule has 0 saturated heterocycles. The maximum Gasteiger partial charge on any atom is 0.309 e. The highest BCUT2D eigenvalue weighted by atomic mass is 16.5. The number of esters is 1. The fourth-order valence-corrected chi connectivity index (χ4v) is 12.7. The van der Waals surface area contributed by atoms with Crippen LogP contribution >= 0.6 is 0 Å². The van der Waals surface area contributed by atoms with Crippen molar-refractivity contribution in [2.45, 2.75) is 145 Å². The number of benzene rings is 1. The zero-order chi connectivity index (χ0) is 36.8. The minimum Gasteiger partial charge on any atom is -0.481 e. The third-order valence-corrected chi connectivity index (χ3v) is 15.6. The molecule has 1 aromatic carbocycles. The molecule has 6 rings (SSSR count). The molecular formula is C43H61NO6. The number of Topliss-reactive ketones (excluding diaryl/α,β-unsaturated/α-hetero) is 1. The van der Waals surface area contributed by atoms with E-state index < -0.39 is 22.9 Å². The molecule has 8 atom stereocenters. The Morgan fingerprint density at radius 2 is 1.60 bits per heavy atom. The first kappa shape index (κ1) is 36.8. The lowest BCUT2D eigenvalue weighted by atomic mass is 9.33. The smallest absolute Gasteiger partial charge is 0.309 e. The second kappa shape index (κ2) is 12.0. The number of fused-ring (bicyclic) bond motifs is 7. The van der Waals surface area contributed by atoms with Crippen molar-refractivity contribution in [3.63, 3.8) is 0 Å². The van der Waals surface area contributed by atoms with E-state index in [0.717, 1.165) is 62.5 Å². The summed E-state index contributed by atoms with van der Waals surface area (Å²) in [5.74, 6) is -0.138. The Balaban J connectivity index is 1.31. The van der Waals surface area contributed by atoms with Crippen LogP contribution in [0.1, 0.15) is 142 Å². The summed E-state index contributed by atoms with van der Waals surface area (Å²) in [7, 11) is 0. The van der Waals surface area contributed by atoms with Gasteiger partial charge < -0.3 is 15.2 Å². The van der Waals surface area contributed by atoms with Crippen LogP contribution in [0.15, 0.2) is 35.4 Å². The number of carbonyl (C=O) groups excluding carboxylic acids is 3. The van der Waals surface area contributed by atoms with Crippen molar-refractivity contribution in [1.82, 2.24) is 5.32 Å². The van der Waals surface area contributed by atoms with Gasteiger partial charge in [-0.2, -0.15) is 0 Å². The summed E-state index contributed by atoms with van der Waals surface area (Å²) in [5.41, 5.74) is 1.83. The molecule has 0 spiro atoms. The van der Waals surface area contributed by atoms with Crippen LogP contribution in [-0.2, 0) is 19.1 Å². The van der Waals surface area contributed by atoms with E-state index in [-0.39, 0.29) is 57.7 Å². The van der Waals surface area contributed by atoms with Gasteiger partial charge in [0.1, 0.15) is 6.10 Å². The Kier molecular flexibility index (Phi) is 8.87. The van der Waals surface area contributed by atoms with Gasteiger partial charge in [0.05, 0.1) is 17.4 Å². The zero-order valence-corrected chi connectivity index (χ0v) is 32.3.